The van der Waals surface area contributed by atoms with E-state index in [1.54, 1.807) is 36.4 Å². The van der Waals surface area contributed by atoms with Crippen LogP contribution in [0, 0.1) is 92.7 Å². The van der Waals surface area contributed by atoms with Crippen molar-refractivity contribution in [3.63, 3.8) is 0 Å². The monoisotopic (exact) mass is 1140 g/mol. The van der Waals surface area contributed by atoms with E-state index in [1.165, 1.54) is 70.6 Å². The smallest absolute Gasteiger partial charge is 0.181 e. The first-order chi connectivity index (χ1) is 37.7. The quantitative estimate of drug-likeness (QED) is 0.195. The first-order valence-electron chi connectivity index (χ1n) is 32.2. The number of fused-ring (bicyclic) bond motifs is 10. The third-order valence-corrected chi connectivity index (χ3v) is 30.6. The number of epoxide rings is 1. The molecule has 448 valence electrons. The second kappa shape index (κ2) is 21.8. The molecule has 11 fully saturated rings. The number of hydrogen-bond acceptors (Lipinski definition) is 10. The van der Waals surface area contributed by atoms with Gasteiger partial charge in [0.2, 0.25) is 0 Å². The van der Waals surface area contributed by atoms with Crippen LogP contribution in [0.3, 0.4) is 0 Å². The highest BCUT2D eigenvalue weighted by Gasteiger charge is 2.64. The summed E-state index contributed by atoms with van der Waals surface area (Å²) in [6.07, 6.45) is 22.7. The number of benzene rings is 2. The number of ether oxygens (including phenoxy) is 3. The zero-order valence-corrected chi connectivity index (χ0v) is 52.0. The minimum atomic E-state index is -3.63. The summed E-state index contributed by atoms with van der Waals surface area (Å²) in [7, 11) is -6.87. The Bertz CT molecular complexity index is 2690. The van der Waals surface area contributed by atoms with Gasteiger partial charge in [-0.05, 0) is 253 Å². The Balaban J connectivity index is 0.000000152. The fraction of sp³-hybridized carbons (Fsp3) is 0.824. The first kappa shape index (κ1) is 59.8. The van der Waals surface area contributed by atoms with E-state index in [0.717, 1.165) is 94.9 Å². The van der Waals surface area contributed by atoms with Gasteiger partial charge in [-0.2, -0.15) is 0 Å². The largest absolute Gasteiger partial charge is 0.390 e. The number of sulfone groups is 2. The van der Waals surface area contributed by atoms with E-state index in [-0.39, 0.29) is 47.0 Å². The van der Waals surface area contributed by atoms with Crippen molar-refractivity contribution >= 4 is 19.7 Å². The van der Waals surface area contributed by atoms with E-state index in [2.05, 4.69) is 41.5 Å². The van der Waals surface area contributed by atoms with Gasteiger partial charge in [0.1, 0.15) is 5.60 Å². The van der Waals surface area contributed by atoms with Gasteiger partial charge in [0.05, 0.1) is 57.4 Å². The standard InChI is InChI=1S/C34H52O5S.C29H44O3S.C5H8O2/c1-23(30(21-34(36)18-19-39-22-34)40(37,38)25-8-6-5-7-9-25)27-12-13-28-26-11-10-24-20-31(2,35)16-17-32(24,3)29(26)14-15-33(27,28)4;1-20(19-33(31,32)22-8-6-5-7-9-22)24-12-13-25-23-11-10-21-18-27(2,30)16-17-28(21,3)26(23)14-15-29(24,25)4;1-2-6-3-5(1)4-7-5/h5-9,23-24,26-30,35-36H,10-22H2,1-4H3;5-9,20-21,23-26,30H,10-19H2,1-4H3;1-4H2/t23-,24-,26-,27+,28-,29-,30?,31-,32-,33+,34?;20-,21+,23+,24-,25+,26+,27+,28+,29-;/m01./s1. The molecule has 21 atom stereocenters. The molecule has 2 aromatic rings. The van der Waals surface area contributed by atoms with E-state index in [9.17, 15) is 32.2 Å². The minimum absolute atomic E-state index is 0.0434. The molecule has 10 nitrogen and oxygen atoms in total. The molecule has 80 heavy (non-hydrogen) atoms. The van der Waals surface area contributed by atoms with Gasteiger partial charge in [-0.1, -0.05) is 77.9 Å². The van der Waals surface area contributed by atoms with Crippen LogP contribution in [0.1, 0.15) is 190 Å². The van der Waals surface area contributed by atoms with Crippen molar-refractivity contribution < 1.29 is 46.4 Å². The molecule has 3 heterocycles. The molecule has 0 radical (unpaired) electrons. The molecular formula is C68H104O10S2. The maximum absolute atomic E-state index is 14.2. The second-order valence-corrected chi connectivity index (χ2v) is 35.2. The van der Waals surface area contributed by atoms with Gasteiger partial charge >= 0.3 is 0 Å². The lowest BCUT2D eigenvalue weighted by molar-refractivity contribution is -0.148. The fourth-order valence-electron chi connectivity index (χ4n) is 21.6. The predicted molar refractivity (Wildman–Crippen MR) is 315 cm³/mol. The lowest BCUT2D eigenvalue weighted by atomic mass is 9.43. The van der Waals surface area contributed by atoms with Crippen molar-refractivity contribution in [2.24, 2.45) is 92.7 Å². The van der Waals surface area contributed by atoms with Gasteiger partial charge in [0, 0.05) is 26.1 Å². The van der Waals surface area contributed by atoms with Gasteiger partial charge in [0.25, 0.3) is 0 Å². The second-order valence-electron chi connectivity index (χ2n) is 31.0. The summed E-state index contributed by atoms with van der Waals surface area (Å²) >= 11 is 0. The Hall–Kier alpha value is -1.90. The summed E-state index contributed by atoms with van der Waals surface area (Å²) in [6, 6.07) is 17.9. The minimum Gasteiger partial charge on any atom is -0.390 e. The number of rotatable bonds is 10. The van der Waals surface area contributed by atoms with E-state index in [0.29, 0.717) is 69.2 Å². The highest BCUT2D eigenvalue weighted by molar-refractivity contribution is 7.92. The molecule has 0 bridgehead atoms. The highest BCUT2D eigenvalue weighted by Crippen LogP contribution is 2.71. The molecule has 0 amide bonds. The van der Waals surface area contributed by atoms with Crippen LogP contribution in [-0.4, -0.2) is 98.6 Å². The normalized spacial score (nSPS) is 46.6. The van der Waals surface area contributed by atoms with Crippen molar-refractivity contribution in [1.29, 1.82) is 0 Å². The lowest BCUT2D eigenvalue weighted by Gasteiger charge is -2.62. The van der Waals surface area contributed by atoms with E-state index < -0.39 is 41.7 Å². The number of aliphatic hydroxyl groups is 3. The van der Waals surface area contributed by atoms with Crippen LogP contribution in [-0.2, 0) is 33.9 Å². The summed E-state index contributed by atoms with van der Waals surface area (Å²) in [4.78, 5) is 0.844. The summed E-state index contributed by atoms with van der Waals surface area (Å²) in [5.74, 6) is 6.90. The summed E-state index contributed by atoms with van der Waals surface area (Å²) in [6.45, 7) is 21.9. The molecule has 3 saturated heterocycles. The summed E-state index contributed by atoms with van der Waals surface area (Å²) < 4.78 is 70.5. The third-order valence-electron chi connectivity index (χ3n) is 26.3. The van der Waals surface area contributed by atoms with E-state index >= 15 is 0 Å². The van der Waals surface area contributed by atoms with Crippen molar-refractivity contribution in [3.8, 4) is 0 Å². The van der Waals surface area contributed by atoms with Crippen molar-refractivity contribution in [2.75, 3.05) is 38.8 Å². The predicted octanol–water partition coefficient (Wildman–Crippen LogP) is 13.1. The van der Waals surface area contributed by atoms with Gasteiger partial charge in [-0.15, -0.1) is 0 Å². The topological polar surface area (TPSA) is 160 Å². The number of hydrogen-bond donors (Lipinski definition) is 3. The Kier molecular flexibility index (Phi) is 16.3. The van der Waals surface area contributed by atoms with Crippen LogP contribution >= 0.6 is 0 Å². The maximum Gasteiger partial charge on any atom is 0.181 e. The van der Waals surface area contributed by atoms with Crippen molar-refractivity contribution in [2.45, 2.75) is 228 Å². The third kappa shape index (κ3) is 11.0. The Morgan fingerprint density at radius 1 is 0.512 bits per heavy atom. The van der Waals surface area contributed by atoms with Gasteiger partial charge in [0.15, 0.2) is 19.7 Å². The molecule has 0 aromatic heterocycles. The van der Waals surface area contributed by atoms with Crippen LogP contribution in [0.5, 0.6) is 0 Å². The van der Waals surface area contributed by atoms with Crippen molar-refractivity contribution in [3.05, 3.63) is 60.7 Å². The van der Waals surface area contributed by atoms with Crippen LogP contribution in [0.25, 0.3) is 0 Å². The van der Waals surface area contributed by atoms with Gasteiger partial charge in [-0.25, -0.2) is 16.8 Å². The lowest BCUT2D eigenvalue weighted by Crippen LogP contribution is -2.56. The Labute approximate surface area is 483 Å². The molecule has 3 N–H and O–H groups in total. The molecule has 1 spiro atoms. The van der Waals surface area contributed by atoms with Crippen LogP contribution in [0.2, 0.25) is 0 Å². The molecule has 2 aromatic carbocycles. The Morgan fingerprint density at radius 2 is 0.988 bits per heavy atom. The molecule has 13 rings (SSSR count). The van der Waals surface area contributed by atoms with Crippen LogP contribution in [0.4, 0.5) is 0 Å². The molecule has 3 aliphatic heterocycles. The van der Waals surface area contributed by atoms with E-state index in [4.69, 9.17) is 14.2 Å². The SMILES string of the molecule is C1CC2(CO1)CO2.C[C@H](C(CC1(O)CCOC1)S(=O)(=O)c1ccccc1)[C@H]1CC[C@H]2[C@@H]3CC[C@H]4C[C@@](C)(O)CC[C@]4(C)[C@H]3CC[C@]12C.C[C@H](CS(=O)(=O)c1ccccc1)[C@H]1CC[C@H]2[C@@H]3CC[C@H]4C[C@@](C)(O)CC[C@]4(C)[C@H]3CC[C@]12C. The zero-order chi connectivity index (χ0) is 56.9. The average molecular weight is 1150 g/mol. The molecule has 8 saturated carbocycles. The van der Waals surface area contributed by atoms with Gasteiger partial charge < -0.3 is 29.5 Å². The Morgan fingerprint density at radius 3 is 1.46 bits per heavy atom. The summed E-state index contributed by atoms with van der Waals surface area (Å²) in [5, 5.41) is 32.3. The fourth-order valence-corrected chi connectivity index (χ4v) is 25.5. The average Bonchev–Trinajstić information content (AvgIpc) is 3.88. The molecule has 12 heteroatoms. The van der Waals surface area contributed by atoms with Crippen molar-refractivity contribution in [1.82, 2.24) is 0 Å². The highest BCUT2D eigenvalue weighted by atomic mass is 32.2. The van der Waals surface area contributed by atoms with Crippen LogP contribution in [0.15, 0.2) is 70.5 Å². The first-order valence-corrected chi connectivity index (χ1v) is 35.4. The molecule has 11 aliphatic rings. The van der Waals surface area contributed by atoms with Crippen LogP contribution < -0.4 is 0 Å². The zero-order valence-electron chi connectivity index (χ0n) is 50.4. The molecule has 8 aliphatic carbocycles. The van der Waals surface area contributed by atoms with Gasteiger partial charge in [-0.3, -0.25) is 0 Å². The summed E-state index contributed by atoms with van der Waals surface area (Å²) in [5.41, 5.74) is -0.736. The van der Waals surface area contributed by atoms with E-state index in [1.807, 2.05) is 38.1 Å². The molecular weight excluding hydrogens is 1040 g/mol. The molecule has 3 unspecified atom stereocenters. The maximum atomic E-state index is 14.2.